The van der Waals surface area contributed by atoms with Crippen LogP contribution in [0.4, 0.5) is 17.1 Å². The van der Waals surface area contributed by atoms with E-state index in [1.54, 1.807) is 0 Å². The molecular formula is C59H45N. The molecule has 2 unspecified atom stereocenters. The molecule has 0 aromatic heterocycles. The van der Waals surface area contributed by atoms with Crippen LogP contribution in [0.5, 0.6) is 0 Å². The Bertz CT molecular complexity index is 3020. The second-order valence-electron chi connectivity index (χ2n) is 18.8. The Hall–Kier alpha value is -6.70. The number of nitrogens with zero attached hydrogens (tertiary/aromatic N) is 1. The molecule has 0 heterocycles. The fraction of sp³-hybridized carbons (Fsp3) is 0.153. The number of fused-ring (bicyclic) bond motifs is 18. The van der Waals surface area contributed by atoms with Crippen LogP contribution in [0.25, 0.3) is 33.4 Å². The lowest BCUT2D eigenvalue weighted by molar-refractivity contribution is 0.613. The molecule has 6 aliphatic rings. The van der Waals surface area contributed by atoms with Crippen molar-refractivity contribution in [1.82, 2.24) is 0 Å². The summed E-state index contributed by atoms with van der Waals surface area (Å²) in [7, 11) is 0. The molecule has 7 aromatic rings. The van der Waals surface area contributed by atoms with E-state index in [9.17, 15) is 0 Å². The summed E-state index contributed by atoms with van der Waals surface area (Å²) in [5.41, 5.74) is 25.0. The lowest BCUT2D eigenvalue weighted by Crippen LogP contribution is -2.29. The monoisotopic (exact) mass is 767 g/mol. The van der Waals surface area contributed by atoms with Crippen LogP contribution in [0.1, 0.15) is 78.1 Å². The van der Waals surface area contributed by atoms with Crippen molar-refractivity contribution < 1.29 is 0 Å². The van der Waals surface area contributed by atoms with E-state index < -0.39 is 5.41 Å². The van der Waals surface area contributed by atoms with E-state index in [4.69, 9.17) is 0 Å². The molecule has 0 N–H and O–H groups in total. The molecule has 0 aliphatic heterocycles. The van der Waals surface area contributed by atoms with Crippen molar-refractivity contribution in [3.8, 4) is 33.4 Å². The average Bonchev–Trinajstić information content (AvgIpc) is 3.92. The third kappa shape index (κ3) is 4.18. The van der Waals surface area contributed by atoms with Crippen LogP contribution < -0.4 is 4.90 Å². The Kier molecular flexibility index (Phi) is 6.69. The van der Waals surface area contributed by atoms with Crippen LogP contribution >= 0.6 is 0 Å². The zero-order chi connectivity index (χ0) is 40.1. The minimum absolute atomic E-state index is 0.122. The SMILES string of the molecule is CC1(C)c2ccccc2-c2ccc(N(c3ccc4c(c3)C(C)(C)c3ccccc3-4)c3ccc4c(c3)C3(C5=CC=C6C=CC=CC6C54)c4ccccc4-c4ccccc43)cc21. The summed E-state index contributed by atoms with van der Waals surface area (Å²) in [6.07, 6.45) is 14.1. The first-order chi connectivity index (χ1) is 29.3. The van der Waals surface area contributed by atoms with E-state index in [-0.39, 0.29) is 22.7 Å². The molecular weight excluding hydrogens is 723 g/mol. The highest BCUT2D eigenvalue weighted by atomic mass is 15.1. The maximum Gasteiger partial charge on any atom is 0.0686 e. The minimum atomic E-state index is -0.408. The van der Waals surface area contributed by atoms with E-state index in [0.29, 0.717) is 0 Å². The molecule has 1 nitrogen and oxygen atoms in total. The molecule has 0 saturated heterocycles. The van der Waals surface area contributed by atoms with E-state index in [1.807, 2.05) is 0 Å². The summed E-state index contributed by atoms with van der Waals surface area (Å²) < 4.78 is 0. The number of anilines is 3. The normalized spacial score (nSPS) is 20.1. The summed E-state index contributed by atoms with van der Waals surface area (Å²) in [5.74, 6) is 0.526. The first-order valence-corrected chi connectivity index (χ1v) is 21.7. The quantitative estimate of drug-likeness (QED) is 0.173. The van der Waals surface area contributed by atoms with Crippen molar-refractivity contribution in [3.63, 3.8) is 0 Å². The van der Waals surface area contributed by atoms with Gasteiger partial charge in [0.2, 0.25) is 0 Å². The van der Waals surface area contributed by atoms with E-state index in [1.165, 1.54) is 106 Å². The molecule has 7 aromatic carbocycles. The number of hydrogen-bond donors (Lipinski definition) is 0. The second-order valence-corrected chi connectivity index (χ2v) is 18.8. The van der Waals surface area contributed by atoms with E-state index in [0.717, 1.165) is 0 Å². The van der Waals surface area contributed by atoms with Gasteiger partial charge >= 0.3 is 0 Å². The highest BCUT2D eigenvalue weighted by Crippen LogP contribution is 2.67. The van der Waals surface area contributed by atoms with Gasteiger partial charge in [-0.15, -0.1) is 0 Å². The Morgan fingerprint density at radius 3 is 1.42 bits per heavy atom. The summed E-state index contributed by atoms with van der Waals surface area (Å²) in [5, 5.41) is 0. The molecule has 0 fully saturated rings. The standard InChI is InChI=1S/C59H45N/c1-57(2)48-21-11-7-17-41(48)45-29-26-37(33-53(45)57)60(38-27-30-46-42-18-8-12-22-49(42)58(3,4)54(46)34-38)39-28-31-47-55(35-39)59(52-32-25-36-15-5-6-16-40(36)56(47)52)50-23-13-9-19-43(50)44-20-10-14-24-51(44)59/h5-35,40,56H,1-4H3. The third-order valence-corrected chi connectivity index (χ3v) is 15.3. The van der Waals surface area contributed by atoms with Gasteiger partial charge in [0.05, 0.1) is 5.41 Å². The Labute approximate surface area is 353 Å². The van der Waals surface area contributed by atoms with Gasteiger partial charge in [-0.2, -0.15) is 0 Å². The largest absolute Gasteiger partial charge is 0.310 e. The van der Waals surface area contributed by atoms with Gasteiger partial charge in [0.1, 0.15) is 0 Å². The second kappa shape index (κ2) is 11.7. The zero-order valence-electron chi connectivity index (χ0n) is 34.5. The Morgan fingerprint density at radius 1 is 0.417 bits per heavy atom. The van der Waals surface area contributed by atoms with Gasteiger partial charge in [0.15, 0.2) is 0 Å². The van der Waals surface area contributed by atoms with Gasteiger partial charge in [-0.25, -0.2) is 0 Å². The van der Waals surface area contributed by atoms with Crippen molar-refractivity contribution >= 4 is 17.1 Å². The maximum atomic E-state index is 2.58. The molecule has 60 heavy (non-hydrogen) atoms. The van der Waals surface area contributed by atoms with E-state index in [2.05, 4.69) is 221 Å². The molecule has 0 amide bonds. The first-order valence-electron chi connectivity index (χ1n) is 21.7. The number of hydrogen-bond acceptors (Lipinski definition) is 1. The first kappa shape index (κ1) is 34.2. The van der Waals surface area contributed by atoms with Gasteiger partial charge in [-0.3, -0.25) is 0 Å². The number of rotatable bonds is 3. The highest BCUT2D eigenvalue weighted by molar-refractivity contribution is 5.92. The molecule has 286 valence electrons. The highest BCUT2D eigenvalue weighted by Gasteiger charge is 2.57. The fourth-order valence-corrected chi connectivity index (χ4v) is 12.6. The molecule has 0 radical (unpaired) electrons. The number of allylic oxidation sites excluding steroid dienone is 8. The predicted molar refractivity (Wildman–Crippen MR) is 249 cm³/mol. The van der Waals surface area contributed by atoms with Crippen molar-refractivity contribution in [1.29, 1.82) is 0 Å². The fourth-order valence-electron chi connectivity index (χ4n) is 12.6. The third-order valence-electron chi connectivity index (χ3n) is 15.3. The maximum absolute atomic E-state index is 2.58. The Balaban J connectivity index is 1.08. The summed E-state index contributed by atoms with van der Waals surface area (Å²) in [4.78, 5) is 2.56. The van der Waals surface area contributed by atoms with Gasteiger partial charge in [-0.1, -0.05) is 179 Å². The van der Waals surface area contributed by atoms with Crippen LogP contribution in [0.2, 0.25) is 0 Å². The van der Waals surface area contributed by atoms with Gasteiger partial charge < -0.3 is 4.90 Å². The molecule has 6 aliphatic carbocycles. The topological polar surface area (TPSA) is 3.24 Å². The number of benzene rings is 7. The van der Waals surface area contributed by atoms with Crippen LogP contribution in [-0.2, 0) is 16.2 Å². The van der Waals surface area contributed by atoms with Gasteiger partial charge in [-0.05, 0) is 125 Å². The lowest BCUT2D eigenvalue weighted by atomic mass is 9.66. The van der Waals surface area contributed by atoms with Crippen LogP contribution in [0.3, 0.4) is 0 Å². The van der Waals surface area contributed by atoms with Crippen molar-refractivity contribution in [2.75, 3.05) is 4.90 Å². The van der Waals surface area contributed by atoms with Crippen LogP contribution in [-0.4, -0.2) is 0 Å². The predicted octanol–water partition coefficient (Wildman–Crippen LogP) is 14.8. The summed E-state index contributed by atoms with van der Waals surface area (Å²) in [6, 6.07) is 58.3. The van der Waals surface area contributed by atoms with Crippen molar-refractivity contribution in [2.45, 2.75) is 49.9 Å². The Morgan fingerprint density at radius 2 is 0.867 bits per heavy atom. The molecule has 0 saturated carbocycles. The van der Waals surface area contributed by atoms with Crippen LogP contribution in [0.15, 0.2) is 199 Å². The van der Waals surface area contributed by atoms with Crippen LogP contribution in [0, 0.1) is 5.92 Å². The van der Waals surface area contributed by atoms with Crippen molar-refractivity contribution in [2.24, 2.45) is 5.92 Å². The molecule has 13 rings (SSSR count). The van der Waals surface area contributed by atoms with Gasteiger partial charge in [0.25, 0.3) is 0 Å². The molecule has 2 atom stereocenters. The summed E-state index contributed by atoms with van der Waals surface area (Å²) >= 11 is 0. The summed E-state index contributed by atoms with van der Waals surface area (Å²) in [6.45, 7) is 9.56. The molecule has 1 spiro atoms. The smallest absolute Gasteiger partial charge is 0.0686 e. The van der Waals surface area contributed by atoms with E-state index >= 15 is 0 Å². The zero-order valence-corrected chi connectivity index (χ0v) is 34.5. The van der Waals surface area contributed by atoms with Crippen molar-refractivity contribution in [3.05, 3.63) is 244 Å². The lowest BCUT2D eigenvalue weighted by Gasteiger charge is -2.36. The average molecular weight is 768 g/mol. The van der Waals surface area contributed by atoms with Gasteiger partial charge in [0, 0.05) is 39.7 Å². The molecule has 1 heteroatoms. The minimum Gasteiger partial charge on any atom is -0.310 e. The molecule has 0 bridgehead atoms.